The molecule has 0 bridgehead atoms. The summed E-state index contributed by atoms with van der Waals surface area (Å²) < 4.78 is 105. The zero-order valence-electron chi connectivity index (χ0n) is 88.3. The van der Waals surface area contributed by atoms with Crippen LogP contribution in [-0.4, -0.2) is 0 Å². The van der Waals surface area contributed by atoms with Crippen molar-refractivity contribution in [2.24, 2.45) is 0 Å². The number of furan rings is 3. The van der Waals surface area contributed by atoms with Gasteiger partial charge in [-0.25, -0.2) is 0 Å². The lowest BCUT2D eigenvalue weighted by Gasteiger charge is -2.20. The molecule has 0 aliphatic heterocycles. The average Bonchev–Trinajstić information content (AvgIpc) is 1.45. The molecule has 3 heterocycles. The predicted molar refractivity (Wildman–Crippen MR) is 616 cm³/mol. The molecule has 30 rings (SSSR count). The third-order valence-electron chi connectivity index (χ3n) is 29.2. The molecule has 0 spiro atoms. The number of hydrogen-bond acceptors (Lipinski definition) is 3. The molecular formula is C142H88O3. The summed E-state index contributed by atoms with van der Waals surface area (Å²) in [5, 5.41) is 27.9. The maximum atomic E-state index is 8.95. The summed E-state index contributed by atoms with van der Waals surface area (Å²) in [6, 6.07) is 163. The maximum absolute atomic E-state index is 8.95. The van der Waals surface area contributed by atoms with Crippen LogP contribution in [0, 0.1) is 0 Å². The highest BCUT2D eigenvalue weighted by Gasteiger charge is 2.27. The third kappa shape index (κ3) is 14.3. The summed E-state index contributed by atoms with van der Waals surface area (Å²) in [6.45, 7) is 0. The van der Waals surface area contributed by atoms with Crippen LogP contribution in [0.4, 0.5) is 0 Å². The molecule has 674 valence electrons. The van der Waals surface area contributed by atoms with E-state index in [9.17, 15) is 0 Å². The lowest BCUT2D eigenvalue weighted by molar-refractivity contribution is 0.668. The number of rotatable bonds is 11. The summed E-state index contributed by atoms with van der Waals surface area (Å²) >= 11 is 0. The number of benzene rings is 27. The van der Waals surface area contributed by atoms with Gasteiger partial charge in [0.2, 0.25) is 0 Å². The van der Waals surface area contributed by atoms with Gasteiger partial charge in [0.15, 0.2) is 0 Å². The second-order valence-electron chi connectivity index (χ2n) is 37.3. The number of para-hydroxylation sites is 3. The van der Waals surface area contributed by atoms with Gasteiger partial charge in [0.1, 0.15) is 33.5 Å². The summed E-state index contributed by atoms with van der Waals surface area (Å²) in [5.41, 5.74) is 27.1. The molecule has 145 heavy (non-hydrogen) atoms. The Bertz CT molecular complexity index is 10900. The Morgan fingerprint density at radius 1 is 0.131 bits per heavy atom. The average molecular weight is 1850 g/mol. The van der Waals surface area contributed by atoms with Crippen LogP contribution in [0.3, 0.4) is 0 Å². The van der Waals surface area contributed by atoms with Crippen LogP contribution in [0.5, 0.6) is 0 Å². The van der Waals surface area contributed by atoms with Crippen LogP contribution in [0.25, 0.3) is 296 Å². The Morgan fingerprint density at radius 2 is 0.434 bits per heavy atom. The van der Waals surface area contributed by atoms with Crippen molar-refractivity contribution in [1.29, 1.82) is 0 Å². The summed E-state index contributed by atoms with van der Waals surface area (Å²) in [6.07, 6.45) is 0. The van der Waals surface area contributed by atoms with E-state index < -0.39 is 12.1 Å². The van der Waals surface area contributed by atoms with Gasteiger partial charge in [0, 0.05) is 43.4 Å². The van der Waals surface area contributed by atoms with Crippen molar-refractivity contribution in [3.8, 4) is 122 Å². The molecule has 0 saturated heterocycles. The van der Waals surface area contributed by atoms with Gasteiger partial charge in [-0.3, -0.25) is 0 Å². The van der Waals surface area contributed by atoms with Gasteiger partial charge in [0.25, 0.3) is 0 Å². The highest BCUT2D eigenvalue weighted by molar-refractivity contribution is 6.28. The lowest BCUT2D eigenvalue weighted by atomic mass is 9.83. The molecule has 0 atom stereocenters. The minimum Gasteiger partial charge on any atom is -0.456 e. The molecule has 0 fully saturated rings. The molecule has 30 aromatic rings. The van der Waals surface area contributed by atoms with E-state index in [1.54, 1.807) is 0 Å². The zero-order valence-corrected chi connectivity index (χ0v) is 78.3. The van der Waals surface area contributed by atoms with Gasteiger partial charge in [-0.1, -0.05) is 437 Å². The van der Waals surface area contributed by atoms with Crippen LogP contribution in [0.2, 0.25) is 0 Å². The number of hydrogen-bond donors (Lipinski definition) is 0. The first-order valence-electron chi connectivity index (χ1n) is 54.1. The third-order valence-corrected chi connectivity index (χ3v) is 29.2. The zero-order chi connectivity index (χ0) is 104. The lowest BCUT2D eigenvalue weighted by Crippen LogP contribution is -1.93. The minimum absolute atomic E-state index is 0.202. The van der Waals surface area contributed by atoms with Gasteiger partial charge in [-0.05, 0) is 316 Å². The monoisotopic (exact) mass is 1850 g/mol. The standard InChI is InChI=1S/C52H32O.C48H30O.C42H26O/c1-2-15-34(16-3-1)51-44(28-29-48-52(51)45-24-12-13-25-47(45)53-48)46-32-38(31-36-18-6-7-19-39(36)46)50-42-22-10-8-20-40(42)49(41-21-9-11-23-43(41)50)37-27-26-33-14-4-5-17-35(33)30-37;1-3-15-31(16-4-1)43-28-34(29-44-37-21-13-14-26-45(37)49-48(43)44)42-30-35(27-33-19-7-8-20-36(33)42)47-40-24-11-9-22-38(40)46(32-17-5-2-6-18-32)39-23-10-12-25-41(39)47;1-2-12-27(13-3-1)41-33-17-6-8-19-35(33)42(36-20-9-7-18-34(36)41)30-24-28-14-4-5-15-31(28)37(26-30)29-22-23-40-38(25-29)32-16-10-11-21-39(32)43-40/h1-32H;1-30H;1-26H/i;2D,5D,6D,17D,18D;1D,2D,3D,12D,13D. The second kappa shape index (κ2) is 35.1. The molecule has 0 unspecified atom stereocenters. The van der Waals surface area contributed by atoms with Crippen molar-refractivity contribution in [2.45, 2.75) is 0 Å². The van der Waals surface area contributed by atoms with Crippen molar-refractivity contribution in [3.63, 3.8) is 0 Å². The van der Waals surface area contributed by atoms with Crippen LogP contribution in [0.1, 0.15) is 13.7 Å². The van der Waals surface area contributed by atoms with Gasteiger partial charge in [0.05, 0.1) is 13.7 Å². The fraction of sp³-hybridized carbons (Fsp3) is 0. The molecule has 3 aromatic heterocycles. The molecule has 27 aromatic carbocycles. The maximum Gasteiger partial charge on any atom is 0.143 e. The molecule has 0 aliphatic carbocycles. The van der Waals surface area contributed by atoms with E-state index in [0.717, 1.165) is 186 Å². The Balaban J connectivity index is 0.000000111. The van der Waals surface area contributed by atoms with Crippen molar-refractivity contribution in [2.75, 3.05) is 0 Å². The van der Waals surface area contributed by atoms with E-state index in [1.807, 2.05) is 127 Å². The molecule has 0 amide bonds. The van der Waals surface area contributed by atoms with Crippen molar-refractivity contribution in [1.82, 2.24) is 0 Å². The predicted octanol–water partition coefficient (Wildman–Crippen LogP) is 40.6. The van der Waals surface area contributed by atoms with Crippen LogP contribution in [-0.2, 0) is 0 Å². The van der Waals surface area contributed by atoms with E-state index in [0.29, 0.717) is 11.1 Å². The normalized spacial score (nSPS) is 12.7. The van der Waals surface area contributed by atoms with E-state index in [4.69, 9.17) is 27.0 Å². The highest BCUT2D eigenvalue weighted by Crippen LogP contribution is 2.54. The molecule has 0 aliphatic rings. The first kappa shape index (κ1) is 74.0. The van der Waals surface area contributed by atoms with Crippen LogP contribution < -0.4 is 0 Å². The molecule has 0 radical (unpaired) electrons. The molecule has 3 nitrogen and oxygen atoms in total. The van der Waals surface area contributed by atoms with E-state index in [1.165, 1.54) is 87.6 Å². The van der Waals surface area contributed by atoms with E-state index >= 15 is 0 Å². The van der Waals surface area contributed by atoms with Crippen molar-refractivity contribution < 1.29 is 27.0 Å². The molecular weight excluding hydrogens is 1750 g/mol. The van der Waals surface area contributed by atoms with Gasteiger partial charge in [-0.2, -0.15) is 0 Å². The first-order valence-corrected chi connectivity index (χ1v) is 49.1. The van der Waals surface area contributed by atoms with Crippen molar-refractivity contribution in [3.05, 3.63) is 534 Å². The second-order valence-corrected chi connectivity index (χ2v) is 37.3. The fourth-order valence-corrected chi connectivity index (χ4v) is 23.0. The highest BCUT2D eigenvalue weighted by atomic mass is 16.3. The SMILES string of the molecule is [2H]c1c([2H])c([2H])c(-c2c3ccccc3c(-c3cc(-c4cc(-c5ccccc5)c5oc6ccccc6c5c4)c4ccccc4c3)c3ccccc23)c([2H])c1[2H].[2H]c1c([2H])c([2H])c(-c2c3ccccc3c(-c3cc(-c4ccc5oc6ccccc6c5c4)c4ccccc4c3)c3ccccc23)c([2H])c1[2H].c1ccc(-c2c(-c3cc(-c4c5ccccc5c(-c5ccc6ccccc6c5)c5ccccc45)cc4ccccc34)ccc3oc4ccccc4c23)cc1. The Morgan fingerprint density at radius 3 is 0.903 bits per heavy atom. The fourth-order valence-electron chi connectivity index (χ4n) is 23.0. The molecule has 3 heteroatoms. The molecule has 0 N–H and O–H groups in total. The van der Waals surface area contributed by atoms with E-state index in [-0.39, 0.29) is 59.5 Å². The van der Waals surface area contributed by atoms with Crippen LogP contribution in [0.15, 0.2) is 547 Å². The summed E-state index contributed by atoms with van der Waals surface area (Å²) in [7, 11) is 0. The first-order chi connectivity index (χ1) is 76.1. The van der Waals surface area contributed by atoms with Crippen molar-refractivity contribution >= 4 is 174 Å². The smallest absolute Gasteiger partial charge is 0.143 e. The largest absolute Gasteiger partial charge is 0.456 e. The molecule has 0 saturated carbocycles. The summed E-state index contributed by atoms with van der Waals surface area (Å²) in [5.74, 6) is 0. The van der Waals surface area contributed by atoms with E-state index in [2.05, 4.69) is 346 Å². The topological polar surface area (TPSA) is 39.4 Å². The Kier molecular flexibility index (Phi) is 17.9. The summed E-state index contributed by atoms with van der Waals surface area (Å²) in [4.78, 5) is 0. The van der Waals surface area contributed by atoms with Gasteiger partial charge in [-0.15, -0.1) is 0 Å². The van der Waals surface area contributed by atoms with Gasteiger partial charge >= 0.3 is 0 Å². The quantitative estimate of drug-likeness (QED) is 0.121. The van der Waals surface area contributed by atoms with Gasteiger partial charge < -0.3 is 13.3 Å². The Hall–Kier alpha value is -19.1. The Labute approximate surface area is 851 Å². The number of fused-ring (bicyclic) bond motifs is 19. The minimum atomic E-state index is -0.403. The van der Waals surface area contributed by atoms with Crippen LogP contribution >= 0.6 is 0 Å².